The first-order valence-corrected chi connectivity index (χ1v) is 9.39. The summed E-state index contributed by atoms with van der Waals surface area (Å²) in [5.41, 5.74) is 3.93. The molecule has 1 aromatic heterocycles. The standard InChI is InChI=1S/C21H28N4O3/c1-24(2)10-8-22-21(26)18-6-5-17(13-23-18)25-9-7-15-11-19(27-3)20(28-4)12-16(15)14-25/h5-6,11-13H,7-10,14H2,1-4H3,(H,22,26). The van der Waals surface area contributed by atoms with Crippen LogP contribution in [0.15, 0.2) is 30.5 Å². The van der Waals surface area contributed by atoms with Crippen LogP contribution in [0.3, 0.4) is 0 Å². The maximum Gasteiger partial charge on any atom is 0.269 e. The van der Waals surface area contributed by atoms with Crippen LogP contribution >= 0.6 is 0 Å². The Balaban J connectivity index is 1.68. The molecule has 7 heteroatoms. The fraction of sp³-hybridized carbons (Fsp3) is 0.429. The van der Waals surface area contributed by atoms with E-state index in [2.05, 4.69) is 21.3 Å². The van der Waals surface area contributed by atoms with E-state index < -0.39 is 0 Å². The average molecular weight is 384 g/mol. The van der Waals surface area contributed by atoms with E-state index in [0.29, 0.717) is 12.2 Å². The summed E-state index contributed by atoms with van der Waals surface area (Å²) >= 11 is 0. The first kappa shape index (κ1) is 19.9. The highest BCUT2D eigenvalue weighted by molar-refractivity contribution is 5.92. The van der Waals surface area contributed by atoms with Crippen LogP contribution < -0.4 is 19.7 Å². The van der Waals surface area contributed by atoms with Crippen LogP contribution in [-0.2, 0) is 13.0 Å². The number of aromatic nitrogens is 1. The van der Waals surface area contributed by atoms with Gasteiger partial charge in [0.2, 0.25) is 0 Å². The molecule has 150 valence electrons. The summed E-state index contributed by atoms with van der Waals surface area (Å²) in [5, 5.41) is 2.88. The second-order valence-corrected chi connectivity index (χ2v) is 7.11. The maximum absolute atomic E-state index is 12.2. The molecule has 0 saturated heterocycles. The van der Waals surface area contributed by atoms with E-state index in [-0.39, 0.29) is 5.91 Å². The number of carbonyl (C=O) groups is 1. The van der Waals surface area contributed by atoms with Gasteiger partial charge in [0.15, 0.2) is 11.5 Å². The van der Waals surface area contributed by atoms with Crippen molar-refractivity contribution in [2.24, 2.45) is 0 Å². The molecule has 0 radical (unpaired) electrons. The number of amides is 1. The molecular formula is C21H28N4O3. The minimum Gasteiger partial charge on any atom is -0.493 e. The van der Waals surface area contributed by atoms with Crippen molar-refractivity contribution in [1.82, 2.24) is 15.2 Å². The van der Waals surface area contributed by atoms with Crippen molar-refractivity contribution in [3.63, 3.8) is 0 Å². The molecule has 7 nitrogen and oxygen atoms in total. The summed E-state index contributed by atoms with van der Waals surface area (Å²) in [6.07, 6.45) is 2.69. The molecule has 3 rings (SSSR count). The topological polar surface area (TPSA) is 66.9 Å². The predicted octanol–water partition coefficient (Wildman–Crippen LogP) is 1.95. The number of rotatable bonds is 7. The van der Waals surface area contributed by atoms with Gasteiger partial charge in [0.05, 0.1) is 26.1 Å². The summed E-state index contributed by atoms with van der Waals surface area (Å²) in [7, 11) is 7.25. The highest BCUT2D eigenvalue weighted by atomic mass is 16.5. The number of hydrogen-bond donors (Lipinski definition) is 1. The average Bonchev–Trinajstić information content (AvgIpc) is 2.72. The number of benzene rings is 1. The number of hydrogen-bond acceptors (Lipinski definition) is 6. The Morgan fingerprint density at radius 2 is 1.89 bits per heavy atom. The Bertz CT molecular complexity index is 821. The molecule has 0 bridgehead atoms. The zero-order valence-corrected chi connectivity index (χ0v) is 17.0. The number of ether oxygens (including phenoxy) is 2. The summed E-state index contributed by atoms with van der Waals surface area (Å²) in [6, 6.07) is 7.84. The van der Waals surface area contributed by atoms with Gasteiger partial charge in [-0.3, -0.25) is 4.79 Å². The van der Waals surface area contributed by atoms with Gasteiger partial charge in [-0.05, 0) is 55.9 Å². The molecule has 0 aliphatic carbocycles. The molecule has 1 aliphatic heterocycles. The van der Waals surface area contributed by atoms with Crippen molar-refractivity contribution in [2.45, 2.75) is 13.0 Å². The third-order valence-electron chi connectivity index (χ3n) is 4.91. The normalized spacial score (nSPS) is 13.2. The van der Waals surface area contributed by atoms with Crippen LogP contribution in [0, 0.1) is 0 Å². The molecule has 1 amide bonds. The highest BCUT2D eigenvalue weighted by Gasteiger charge is 2.20. The second-order valence-electron chi connectivity index (χ2n) is 7.11. The van der Waals surface area contributed by atoms with E-state index >= 15 is 0 Å². The van der Waals surface area contributed by atoms with Crippen LogP contribution in [-0.4, -0.2) is 63.7 Å². The summed E-state index contributed by atoms with van der Waals surface area (Å²) in [5.74, 6) is 1.36. The Hall–Kier alpha value is -2.80. The molecule has 0 atom stereocenters. The summed E-state index contributed by atoms with van der Waals surface area (Å²) in [4.78, 5) is 20.8. The third-order valence-corrected chi connectivity index (χ3v) is 4.91. The van der Waals surface area contributed by atoms with Gasteiger partial charge in [0.1, 0.15) is 5.69 Å². The zero-order chi connectivity index (χ0) is 20.1. The zero-order valence-electron chi connectivity index (χ0n) is 17.0. The maximum atomic E-state index is 12.2. The largest absolute Gasteiger partial charge is 0.493 e. The molecule has 1 aromatic carbocycles. The lowest BCUT2D eigenvalue weighted by atomic mass is 9.98. The first-order valence-electron chi connectivity index (χ1n) is 9.39. The van der Waals surface area contributed by atoms with Crippen LogP contribution in [0.2, 0.25) is 0 Å². The molecular weight excluding hydrogens is 356 g/mol. The smallest absolute Gasteiger partial charge is 0.269 e. The van der Waals surface area contributed by atoms with Crippen LogP contribution in [0.5, 0.6) is 11.5 Å². The summed E-state index contributed by atoms with van der Waals surface area (Å²) in [6.45, 7) is 3.05. The predicted molar refractivity (Wildman–Crippen MR) is 109 cm³/mol. The van der Waals surface area contributed by atoms with Gasteiger partial charge >= 0.3 is 0 Å². The van der Waals surface area contributed by atoms with Gasteiger partial charge in [-0.1, -0.05) is 0 Å². The lowest BCUT2D eigenvalue weighted by molar-refractivity contribution is 0.0946. The van der Waals surface area contributed by atoms with Crippen LogP contribution in [0.1, 0.15) is 21.6 Å². The van der Waals surface area contributed by atoms with Crippen LogP contribution in [0.25, 0.3) is 0 Å². The van der Waals surface area contributed by atoms with Crippen LogP contribution in [0.4, 0.5) is 5.69 Å². The Labute approximate surface area is 166 Å². The monoisotopic (exact) mass is 384 g/mol. The molecule has 1 aliphatic rings. The summed E-state index contributed by atoms with van der Waals surface area (Å²) < 4.78 is 10.8. The number of anilines is 1. The Kier molecular flexibility index (Phi) is 6.36. The molecule has 0 unspecified atom stereocenters. The lowest BCUT2D eigenvalue weighted by Crippen LogP contribution is -2.32. The minimum absolute atomic E-state index is 0.144. The number of nitrogens with one attached hydrogen (secondary N) is 1. The van der Waals surface area contributed by atoms with Crippen molar-refractivity contribution >= 4 is 11.6 Å². The Morgan fingerprint density at radius 3 is 2.50 bits per heavy atom. The molecule has 2 heterocycles. The number of fused-ring (bicyclic) bond motifs is 1. The fourth-order valence-electron chi connectivity index (χ4n) is 3.29. The van der Waals surface area contributed by atoms with Gasteiger partial charge < -0.3 is 24.6 Å². The number of methoxy groups -OCH3 is 2. The van der Waals surface area contributed by atoms with Gasteiger partial charge in [0.25, 0.3) is 5.91 Å². The van der Waals surface area contributed by atoms with E-state index in [1.807, 2.05) is 31.1 Å². The quantitative estimate of drug-likeness (QED) is 0.787. The SMILES string of the molecule is COc1cc2c(cc1OC)CN(c1ccc(C(=O)NCCN(C)C)nc1)CC2. The lowest BCUT2D eigenvalue weighted by Gasteiger charge is -2.31. The molecule has 0 saturated carbocycles. The van der Waals surface area contributed by atoms with Gasteiger partial charge in [-0.2, -0.15) is 0 Å². The van der Waals surface area contributed by atoms with Crippen molar-refractivity contribution < 1.29 is 14.3 Å². The number of likely N-dealkylation sites (N-methyl/N-ethyl adjacent to an activating group) is 1. The van der Waals surface area contributed by atoms with E-state index in [0.717, 1.165) is 43.2 Å². The molecule has 0 fully saturated rings. The third kappa shape index (κ3) is 4.54. The van der Waals surface area contributed by atoms with Crippen molar-refractivity contribution in [3.05, 3.63) is 47.3 Å². The van der Waals surface area contributed by atoms with E-state index in [1.54, 1.807) is 26.5 Å². The van der Waals surface area contributed by atoms with Crippen molar-refractivity contribution in [3.8, 4) is 11.5 Å². The van der Waals surface area contributed by atoms with Crippen molar-refractivity contribution in [1.29, 1.82) is 0 Å². The van der Waals surface area contributed by atoms with E-state index in [1.165, 1.54) is 11.1 Å². The second kappa shape index (κ2) is 8.93. The van der Waals surface area contributed by atoms with Crippen molar-refractivity contribution in [2.75, 3.05) is 52.8 Å². The van der Waals surface area contributed by atoms with Gasteiger partial charge in [0, 0.05) is 26.2 Å². The number of carbonyl (C=O) groups excluding carboxylic acids is 1. The molecule has 0 spiro atoms. The first-order chi connectivity index (χ1) is 13.5. The van der Waals surface area contributed by atoms with E-state index in [9.17, 15) is 4.79 Å². The molecule has 2 aromatic rings. The van der Waals surface area contributed by atoms with Gasteiger partial charge in [-0.25, -0.2) is 4.98 Å². The minimum atomic E-state index is -0.144. The fourth-order valence-corrected chi connectivity index (χ4v) is 3.29. The number of nitrogens with zero attached hydrogens (tertiary/aromatic N) is 3. The molecule has 28 heavy (non-hydrogen) atoms. The van der Waals surface area contributed by atoms with Gasteiger partial charge in [-0.15, -0.1) is 0 Å². The van der Waals surface area contributed by atoms with E-state index in [4.69, 9.17) is 9.47 Å². The number of pyridine rings is 1. The molecule has 1 N–H and O–H groups in total. The highest BCUT2D eigenvalue weighted by Crippen LogP contribution is 2.34. The Morgan fingerprint density at radius 1 is 1.18 bits per heavy atom.